The maximum absolute atomic E-state index is 13.8. The molecule has 0 bridgehead atoms. The molecule has 1 aliphatic carbocycles. The zero-order valence-electron chi connectivity index (χ0n) is 32.0. The molecule has 0 radical (unpaired) electrons. The highest BCUT2D eigenvalue weighted by Crippen LogP contribution is 2.42. The molecule has 3 aromatic rings. The molecule has 3 fully saturated rings. The van der Waals surface area contributed by atoms with Crippen molar-refractivity contribution in [1.29, 1.82) is 0 Å². The number of ether oxygens (including phenoxy) is 2. The molecule has 10 nitrogen and oxygen atoms in total. The summed E-state index contributed by atoms with van der Waals surface area (Å²) >= 11 is 0. The smallest absolute Gasteiger partial charge is 0.303 e. The average Bonchev–Trinajstić information content (AvgIpc) is 3.16. The van der Waals surface area contributed by atoms with Crippen molar-refractivity contribution < 1.29 is 34.1 Å². The summed E-state index contributed by atoms with van der Waals surface area (Å²) < 4.78 is 13.6. The van der Waals surface area contributed by atoms with E-state index >= 15 is 0 Å². The number of aliphatic carboxylic acids is 1. The minimum absolute atomic E-state index is 0.0235. The highest BCUT2D eigenvalue weighted by Gasteiger charge is 2.44. The van der Waals surface area contributed by atoms with Crippen molar-refractivity contribution in [2.45, 2.75) is 134 Å². The number of hydrogen-bond acceptors (Lipinski definition) is 7. The average molecular weight is 740 g/mol. The van der Waals surface area contributed by atoms with E-state index < -0.39 is 12.3 Å². The quantitative estimate of drug-likeness (QED) is 0.145. The van der Waals surface area contributed by atoms with Crippen LogP contribution in [0.25, 0.3) is 11.1 Å². The molecule has 1 saturated carbocycles. The molecule has 4 N–H and O–H groups in total. The van der Waals surface area contributed by atoms with Crippen LogP contribution in [0.15, 0.2) is 72.8 Å². The van der Waals surface area contributed by atoms with E-state index in [1.165, 1.54) is 19.3 Å². The van der Waals surface area contributed by atoms with Crippen molar-refractivity contribution in [3.8, 4) is 11.1 Å². The normalized spacial score (nSPS) is 24.7. The number of nitrogens with one attached hydrogen (secondary N) is 2. The van der Waals surface area contributed by atoms with Crippen LogP contribution in [0.1, 0.15) is 120 Å². The van der Waals surface area contributed by atoms with Gasteiger partial charge in [-0.2, -0.15) is 0 Å². The largest absolute Gasteiger partial charge is 0.481 e. The molecular formula is C44H57N3O7. The Balaban J connectivity index is 1.22. The lowest BCUT2D eigenvalue weighted by Gasteiger charge is -2.50. The lowest BCUT2D eigenvalue weighted by atomic mass is 9.75. The van der Waals surface area contributed by atoms with Gasteiger partial charge in [0.1, 0.15) is 0 Å². The van der Waals surface area contributed by atoms with E-state index in [1.54, 1.807) is 0 Å². The van der Waals surface area contributed by atoms with Crippen molar-refractivity contribution in [2.75, 3.05) is 6.54 Å². The van der Waals surface area contributed by atoms with Crippen LogP contribution >= 0.6 is 0 Å². The van der Waals surface area contributed by atoms with E-state index in [2.05, 4.69) is 15.5 Å². The maximum atomic E-state index is 13.8. The van der Waals surface area contributed by atoms with Gasteiger partial charge in [-0.25, -0.2) is 0 Å². The topological polar surface area (TPSA) is 137 Å². The molecule has 2 saturated heterocycles. The number of carboxylic acid groups (broad SMARTS) is 1. The molecule has 10 heteroatoms. The number of fused-ring (bicyclic) bond motifs is 1. The van der Waals surface area contributed by atoms with Crippen molar-refractivity contribution in [1.82, 2.24) is 15.5 Å². The number of carbonyl (C=O) groups is 3. The first-order valence-electron chi connectivity index (χ1n) is 19.7. The number of likely N-dealkylation sites (tertiary alicyclic amines) is 1. The first-order chi connectivity index (χ1) is 26.0. The van der Waals surface area contributed by atoms with Gasteiger partial charge in [0.2, 0.25) is 11.8 Å². The number of nitrogens with zero attached hydrogens (tertiary/aromatic N) is 1. The fourth-order valence-corrected chi connectivity index (χ4v) is 8.45. The molecule has 54 heavy (non-hydrogen) atoms. The summed E-state index contributed by atoms with van der Waals surface area (Å²) in [6, 6.07) is 24.2. The van der Waals surface area contributed by atoms with Gasteiger partial charge in [-0.15, -0.1) is 0 Å². The van der Waals surface area contributed by atoms with Crippen LogP contribution in [0.3, 0.4) is 0 Å². The Bertz CT molecular complexity index is 1720. The van der Waals surface area contributed by atoms with Gasteiger partial charge in [0.05, 0.1) is 24.9 Å². The van der Waals surface area contributed by atoms with Crippen LogP contribution in [0, 0.1) is 5.92 Å². The lowest BCUT2D eigenvalue weighted by molar-refractivity contribution is -0.255. The summed E-state index contributed by atoms with van der Waals surface area (Å²) in [7, 11) is 0. The number of rotatable bonds is 13. The summed E-state index contributed by atoms with van der Waals surface area (Å²) in [6.07, 6.45) is 6.69. The maximum Gasteiger partial charge on any atom is 0.303 e. The number of carboxylic acids is 1. The number of benzene rings is 3. The third kappa shape index (κ3) is 10.4. The van der Waals surface area contributed by atoms with Crippen LogP contribution < -0.4 is 10.6 Å². The van der Waals surface area contributed by atoms with Crippen LogP contribution in [-0.2, 0) is 37.0 Å². The number of piperidine rings is 1. The van der Waals surface area contributed by atoms with E-state index in [4.69, 9.17) is 14.6 Å². The van der Waals surface area contributed by atoms with Gasteiger partial charge < -0.3 is 30.3 Å². The minimum atomic E-state index is -0.905. The summed E-state index contributed by atoms with van der Waals surface area (Å²) in [6.45, 7) is 7.07. The fraction of sp³-hybridized carbons (Fsp3) is 0.523. The number of aliphatic hydroxyl groups excluding tert-OH is 1. The Morgan fingerprint density at radius 3 is 2.30 bits per heavy atom. The zero-order valence-corrected chi connectivity index (χ0v) is 32.0. The van der Waals surface area contributed by atoms with Gasteiger partial charge in [-0.05, 0) is 86.6 Å². The van der Waals surface area contributed by atoms with Crippen molar-refractivity contribution in [2.24, 2.45) is 5.92 Å². The van der Waals surface area contributed by atoms with Crippen molar-refractivity contribution in [3.63, 3.8) is 0 Å². The predicted molar refractivity (Wildman–Crippen MR) is 207 cm³/mol. The first kappa shape index (κ1) is 39.6. The van der Waals surface area contributed by atoms with Gasteiger partial charge in [0, 0.05) is 49.5 Å². The van der Waals surface area contributed by atoms with E-state index in [0.29, 0.717) is 37.9 Å². The molecule has 2 amide bonds. The van der Waals surface area contributed by atoms with E-state index in [-0.39, 0.29) is 55.1 Å². The second-order valence-corrected chi connectivity index (χ2v) is 16.3. The number of carbonyl (C=O) groups excluding carboxylic acids is 2. The van der Waals surface area contributed by atoms with Gasteiger partial charge in [0.15, 0.2) is 6.29 Å². The number of hydrogen-bond donors (Lipinski definition) is 4. The number of amides is 2. The highest BCUT2D eigenvalue weighted by atomic mass is 16.7. The Hall–Kier alpha value is -4.09. The SMILES string of the molecule is CC(C)(C)NC(=O)[C@H]1CC[C@H]2CCCC[C@H]2N1C[C@@H]1C[C@H](c2ccc(CO)cc2)O[C@H](c2ccc(-c3ccccc3CNC(=O)CCCC(=O)O)cc2)O1. The molecular weight excluding hydrogens is 682 g/mol. The van der Waals surface area contributed by atoms with Gasteiger partial charge in [-0.3, -0.25) is 19.3 Å². The second kappa shape index (κ2) is 18.0. The summed E-state index contributed by atoms with van der Waals surface area (Å²) in [4.78, 5) is 39.5. The molecule has 2 heterocycles. The Morgan fingerprint density at radius 1 is 0.852 bits per heavy atom. The van der Waals surface area contributed by atoms with E-state index in [0.717, 1.165) is 52.6 Å². The third-order valence-electron chi connectivity index (χ3n) is 11.1. The highest BCUT2D eigenvalue weighted by molar-refractivity contribution is 5.82. The van der Waals surface area contributed by atoms with Crippen LogP contribution in [-0.4, -0.2) is 63.2 Å². The zero-order chi connectivity index (χ0) is 38.2. The molecule has 290 valence electrons. The fourth-order valence-electron chi connectivity index (χ4n) is 8.45. The van der Waals surface area contributed by atoms with Crippen LogP contribution in [0.5, 0.6) is 0 Å². The Morgan fingerprint density at radius 2 is 1.57 bits per heavy atom. The molecule has 0 unspecified atom stereocenters. The second-order valence-electron chi connectivity index (χ2n) is 16.3. The first-order valence-corrected chi connectivity index (χ1v) is 19.7. The third-order valence-corrected chi connectivity index (χ3v) is 11.1. The lowest BCUT2D eigenvalue weighted by Crippen LogP contribution is -2.61. The van der Waals surface area contributed by atoms with Gasteiger partial charge >= 0.3 is 5.97 Å². The molecule has 6 atom stereocenters. The Kier molecular flexibility index (Phi) is 13.2. The van der Waals surface area contributed by atoms with E-state index in [1.807, 2.05) is 93.6 Å². The molecule has 0 aromatic heterocycles. The van der Waals surface area contributed by atoms with Crippen LogP contribution in [0.4, 0.5) is 0 Å². The Labute approximate surface area is 319 Å². The number of aliphatic hydroxyl groups is 1. The molecule has 3 aliphatic rings. The molecule has 6 rings (SSSR count). The molecule has 3 aromatic carbocycles. The standard InChI is InChI=1S/C44H57N3O7/c1-44(2,3)46-42(52)38-24-23-31-9-5-7-12-37(31)47(38)27-35-25-39(32-17-15-29(28-48)16-18-32)54-43(53-35)33-21-19-30(20-22-33)36-11-6-4-10-34(36)26-45-40(49)13-8-14-41(50)51/h4,6,10-11,15-22,31,35,37-39,43,48H,5,7-9,12-14,23-28H2,1-3H3,(H,45,49)(H,46,52)(H,50,51)/t31-,35+,37-,38-,39-,43-/m1/s1. The van der Waals surface area contributed by atoms with E-state index in [9.17, 15) is 19.5 Å². The van der Waals surface area contributed by atoms with Gasteiger partial charge in [-0.1, -0.05) is 85.6 Å². The van der Waals surface area contributed by atoms with Crippen LogP contribution in [0.2, 0.25) is 0 Å². The minimum Gasteiger partial charge on any atom is -0.481 e. The monoisotopic (exact) mass is 739 g/mol. The summed E-state index contributed by atoms with van der Waals surface area (Å²) in [5, 5.41) is 24.8. The summed E-state index contributed by atoms with van der Waals surface area (Å²) in [5.41, 5.74) is 5.38. The van der Waals surface area contributed by atoms with Crippen molar-refractivity contribution >= 4 is 17.8 Å². The molecule has 0 spiro atoms. The van der Waals surface area contributed by atoms with Crippen molar-refractivity contribution in [3.05, 3.63) is 95.1 Å². The van der Waals surface area contributed by atoms with Gasteiger partial charge in [0.25, 0.3) is 0 Å². The predicted octanol–water partition coefficient (Wildman–Crippen LogP) is 7.20. The molecule has 2 aliphatic heterocycles. The summed E-state index contributed by atoms with van der Waals surface area (Å²) in [5.74, 6) is -0.388.